The lowest BCUT2D eigenvalue weighted by atomic mass is 9.83. The van der Waals surface area contributed by atoms with Crippen LogP contribution in [0.5, 0.6) is 0 Å². The van der Waals surface area contributed by atoms with Crippen molar-refractivity contribution in [2.75, 3.05) is 10.7 Å². The van der Waals surface area contributed by atoms with E-state index in [2.05, 4.69) is 10.2 Å². The molecule has 1 atom stereocenters. The van der Waals surface area contributed by atoms with Crippen LogP contribution >= 0.6 is 23.1 Å². The molecule has 2 aliphatic carbocycles. The molecule has 1 spiro atoms. The van der Waals surface area contributed by atoms with Crippen molar-refractivity contribution in [1.82, 2.24) is 10.2 Å². The van der Waals surface area contributed by atoms with Gasteiger partial charge in [-0.05, 0) is 38.5 Å². The maximum atomic E-state index is 12.2. The van der Waals surface area contributed by atoms with Crippen molar-refractivity contribution >= 4 is 34.1 Å². The molecule has 1 aromatic rings. The first-order valence-electron chi connectivity index (χ1n) is 9.65. The molecule has 0 bridgehead atoms. The second-order valence-corrected chi connectivity index (χ2v) is 9.76. The van der Waals surface area contributed by atoms with Crippen LogP contribution in [-0.2, 0) is 9.53 Å². The first-order valence-corrected chi connectivity index (χ1v) is 11.5. The monoisotopic (exact) mass is 381 g/mol. The second kappa shape index (κ2) is 7.53. The zero-order valence-electron chi connectivity index (χ0n) is 14.9. The number of carbonyl (C=O) groups excluding carboxylic acids is 1. The minimum atomic E-state index is 0.161. The fourth-order valence-electron chi connectivity index (χ4n) is 4.07. The third-order valence-electron chi connectivity index (χ3n) is 5.58. The van der Waals surface area contributed by atoms with Crippen molar-refractivity contribution in [3.63, 3.8) is 0 Å². The zero-order chi connectivity index (χ0) is 17.3. The Hall–Kier alpha value is -0.660. The third-order valence-corrected chi connectivity index (χ3v) is 7.77. The van der Waals surface area contributed by atoms with Gasteiger partial charge in [0.15, 0.2) is 4.34 Å². The molecule has 3 fully saturated rings. The second-order valence-electron chi connectivity index (χ2n) is 7.53. The van der Waals surface area contributed by atoms with E-state index in [0.29, 0.717) is 18.6 Å². The highest BCUT2D eigenvalue weighted by molar-refractivity contribution is 8.01. The Balaban J connectivity index is 1.32. The van der Waals surface area contributed by atoms with Gasteiger partial charge in [0.2, 0.25) is 11.0 Å². The van der Waals surface area contributed by atoms with Crippen molar-refractivity contribution in [2.24, 2.45) is 0 Å². The number of thioether (sulfide) groups is 1. The normalized spacial score (nSPS) is 25.4. The van der Waals surface area contributed by atoms with Gasteiger partial charge in [0, 0.05) is 18.2 Å². The van der Waals surface area contributed by atoms with Gasteiger partial charge in [0.25, 0.3) is 0 Å². The number of ether oxygens (including phenoxy) is 1. The molecule has 1 amide bonds. The topological polar surface area (TPSA) is 55.3 Å². The van der Waals surface area contributed by atoms with E-state index in [1.807, 2.05) is 11.8 Å². The minimum Gasteiger partial charge on any atom is -0.371 e. The standard InChI is InChI=1S/C18H27N3O2S2/c1-2-15(22)21(13-6-7-13)16-19-20-17(25-16)24-12-14-8-11-18(23-14)9-4-3-5-10-18/h13-14H,2-12H2,1H3/t14-/m0/s1. The van der Waals surface area contributed by atoms with Gasteiger partial charge in [-0.3, -0.25) is 9.69 Å². The van der Waals surface area contributed by atoms with Crippen LogP contribution in [0.15, 0.2) is 4.34 Å². The van der Waals surface area contributed by atoms with Crippen molar-refractivity contribution < 1.29 is 9.53 Å². The molecule has 1 aliphatic heterocycles. The SMILES string of the molecule is CCC(=O)N(c1nnc(SC[C@@H]2CCC3(CCCCC3)O2)s1)C1CC1. The lowest BCUT2D eigenvalue weighted by molar-refractivity contribution is -0.118. The molecule has 1 saturated heterocycles. The first kappa shape index (κ1) is 17.7. The number of carbonyl (C=O) groups is 1. The molecule has 2 heterocycles. The Morgan fingerprint density at radius 3 is 2.76 bits per heavy atom. The van der Waals surface area contributed by atoms with E-state index in [-0.39, 0.29) is 11.5 Å². The number of nitrogens with zero attached hydrogens (tertiary/aromatic N) is 3. The van der Waals surface area contributed by atoms with Gasteiger partial charge < -0.3 is 4.74 Å². The summed E-state index contributed by atoms with van der Waals surface area (Å²) in [5.74, 6) is 1.11. The number of aromatic nitrogens is 2. The van der Waals surface area contributed by atoms with Crippen LogP contribution in [0, 0.1) is 0 Å². The summed E-state index contributed by atoms with van der Waals surface area (Å²) in [5, 5.41) is 9.37. The molecular formula is C18H27N3O2S2. The van der Waals surface area contributed by atoms with Gasteiger partial charge in [-0.1, -0.05) is 49.3 Å². The van der Waals surface area contributed by atoms with E-state index >= 15 is 0 Å². The maximum absolute atomic E-state index is 12.2. The average molecular weight is 382 g/mol. The van der Waals surface area contributed by atoms with Crippen LogP contribution in [0.2, 0.25) is 0 Å². The number of hydrogen-bond donors (Lipinski definition) is 0. The third kappa shape index (κ3) is 4.03. The largest absolute Gasteiger partial charge is 0.371 e. The van der Waals surface area contributed by atoms with Gasteiger partial charge in [0.1, 0.15) is 0 Å². The Bertz CT molecular complexity index is 611. The molecule has 0 radical (unpaired) electrons. The highest BCUT2D eigenvalue weighted by Crippen LogP contribution is 2.43. The van der Waals surface area contributed by atoms with E-state index in [4.69, 9.17) is 4.74 Å². The average Bonchev–Trinajstić information content (AvgIpc) is 3.22. The number of amides is 1. The first-order chi connectivity index (χ1) is 12.2. The van der Waals surface area contributed by atoms with Crippen LogP contribution in [0.4, 0.5) is 5.13 Å². The fourth-order valence-corrected chi connectivity index (χ4v) is 6.06. The molecule has 7 heteroatoms. The van der Waals surface area contributed by atoms with E-state index < -0.39 is 0 Å². The van der Waals surface area contributed by atoms with Crippen LogP contribution in [0.25, 0.3) is 0 Å². The van der Waals surface area contributed by atoms with Gasteiger partial charge in [0.05, 0.1) is 11.7 Å². The highest BCUT2D eigenvalue weighted by atomic mass is 32.2. The molecule has 0 N–H and O–H groups in total. The quantitative estimate of drug-likeness (QED) is 0.539. The Kier molecular flexibility index (Phi) is 5.34. The predicted octanol–water partition coefficient (Wildman–Crippen LogP) is 4.42. The van der Waals surface area contributed by atoms with Crippen molar-refractivity contribution in [3.8, 4) is 0 Å². The van der Waals surface area contributed by atoms with Gasteiger partial charge in [-0.25, -0.2) is 0 Å². The molecular weight excluding hydrogens is 354 g/mol. The summed E-state index contributed by atoms with van der Waals surface area (Å²) in [6.45, 7) is 1.91. The Morgan fingerprint density at radius 1 is 1.24 bits per heavy atom. The summed E-state index contributed by atoms with van der Waals surface area (Å²) in [7, 11) is 0. The lowest BCUT2D eigenvalue weighted by Crippen LogP contribution is -2.32. The summed E-state index contributed by atoms with van der Waals surface area (Å²) in [5.41, 5.74) is 0.187. The van der Waals surface area contributed by atoms with E-state index in [9.17, 15) is 4.79 Å². The van der Waals surface area contributed by atoms with Crippen LogP contribution < -0.4 is 4.90 Å². The molecule has 3 aliphatic rings. The minimum absolute atomic E-state index is 0.161. The molecule has 25 heavy (non-hydrogen) atoms. The van der Waals surface area contributed by atoms with E-state index in [1.54, 1.807) is 23.1 Å². The fraction of sp³-hybridized carbons (Fsp3) is 0.833. The van der Waals surface area contributed by atoms with Gasteiger partial charge in [-0.2, -0.15) is 0 Å². The molecule has 0 unspecified atom stereocenters. The molecule has 1 aromatic heterocycles. The maximum Gasteiger partial charge on any atom is 0.228 e. The zero-order valence-corrected chi connectivity index (χ0v) is 16.5. The molecule has 2 saturated carbocycles. The highest BCUT2D eigenvalue weighted by Gasteiger charge is 2.41. The van der Waals surface area contributed by atoms with Gasteiger partial charge >= 0.3 is 0 Å². The molecule has 0 aromatic carbocycles. The molecule has 5 nitrogen and oxygen atoms in total. The van der Waals surface area contributed by atoms with E-state index in [1.165, 1.54) is 44.9 Å². The Labute approximate surface area is 157 Å². The number of rotatable bonds is 6. The predicted molar refractivity (Wildman–Crippen MR) is 101 cm³/mol. The summed E-state index contributed by atoms with van der Waals surface area (Å²) < 4.78 is 7.40. The smallest absolute Gasteiger partial charge is 0.228 e. The molecule has 4 rings (SSSR count). The lowest BCUT2D eigenvalue weighted by Gasteiger charge is -2.33. The number of hydrogen-bond acceptors (Lipinski definition) is 6. The van der Waals surface area contributed by atoms with Crippen molar-refractivity contribution in [1.29, 1.82) is 0 Å². The summed E-state index contributed by atoms with van der Waals surface area (Å²) in [6, 6.07) is 0.350. The number of anilines is 1. The van der Waals surface area contributed by atoms with Crippen LogP contribution in [0.1, 0.15) is 71.1 Å². The molecule has 138 valence electrons. The van der Waals surface area contributed by atoms with E-state index in [0.717, 1.165) is 28.1 Å². The van der Waals surface area contributed by atoms with Crippen LogP contribution in [0.3, 0.4) is 0 Å². The summed E-state index contributed by atoms with van der Waals surface area (Å²) >= 11 is 3.29. The van der Waals surface area contributed by atoms with Gasteiger partial charge in [-0.15, -0.1) is 10.2 Å². The Morgan fingerprint density at radius 2 is 2.04 bits per heavy atom. The summed E-state index contributed by atoms with van der Waals surface area (Å²) in [6.07, 6.45) is 11.9. The van der Waals surface area contributed by atoms with Crippen molar-refractivity contribution in [2.45, 2.75) is 93.2 Å². The van der Waals surface area contributed by atoms with Crippen LogP contribution in [-0.4, -0.2) is 39.6 Å². The van der Waals surface area contributed by atoms with Crippen molar-refractivity contribution in [3.05, 3.63) is 0 Å². The summed E-state index contributed by atoms with van der Waals surface area (Å²) in [4.78, 5) is 14.0.